The Morgan fingerprint density at radius 1 is 1.21 bits per heavy atom. The van der Waals surface area contributed by atoms with Gasteiger partial charge in [0.2, 0.25) is 0 Å². The highest BCUT2D eigenvalue weighted by Gasteiger charge is 2.18. The fourth-order valence-electron chi connectivity index (χ4n) is 1.79. The lowest BCUT2D eigenvalue weighted by atomic mass is 9.82. The zero-order chi connectivity index (χ0) is 10.8. The number of phenolic OH excluding ortho intramolecular Hbond substituents is 1. The molecule has 1 nitrogen and oxygen atoms in total. The molecule has 0 aliphatic rings. The predicted octanol–water partition coefficient (Wildman–Crippen LogP) is 3.64. The van der Waals surface area contributed by atoms with Gasteiger partial charge in [0.15, 0.2) is 0 Å². The van der Waals surface area contributed by atoms with E-state index in [1.54, 1.807) is 6.07 Å². The van der Waals surface area contributed by atoms with Crippen molar-refractivity contribution >= 4 is 0 Å². The highest BCUT2D eigenvalue weighted by molar-refractivity contribution is 5.42. The van der Waals surface area contributed by atoms with E-state index >= 15 is 0 Å². The Balaban J connectivity index is 3.21. The number of aromatic hydroxyl groups is 1. The van der Waals surface area contributed by atoms with Gasteiger partial charge in [-0.3, -0.25) is 0 Å². The summed E-state index contributed by atoms with van der Waals surface area (Å²) in [6.45, 7) is 8.68. The van der Waals surface area contributed by atoms with E-state index in [4.69, 9.17) is 0 Å². The zero-order valence-corrected chi connectivity index (χ0v) is 9.59. The molecule has 0 fully saturated rings. The number of hydrogen-bond acceptors (Lipinski definition) is 1. The number of rotatable bonds is 2. The normalized spacial score (nSPS) is 11.7. The monoisotopic (exact) mass is 192 g/mol. The highest BCUT2D eigenvalue weighted by atomic mass is 16.3. The molecule has 1 N–H and O–H groups in total. The van der Waals surface area contributed by atoms with Crippen molar-refractivity contribution in [3.05, 3.63) is 29.3 Å². The Morgan fingerprint density at radius 2 is 1.86 bits per heavy atom. The van der Waals surface area contributed by atoms with Gasteiger partial charge in [-0.05, 0) is 29.0 Å². The molecule has 0 unspecified atom stereocenters. The molecule has 1 aromatic rings. The van der Waals surface area contributed by atoms with E-state index in [9.17, 15) is 5.11 Å². The van der Waals surface area contributed by atoms with E-state index in [1.807, 2.05) is 6.07 Å². The first-order valence-electron chi connectivity index (χ1n) is 5.28. The summed E-state index contributed by atoms with van der Waals surface area (Å²) in [5.41, 5.74) is 2.49. The predicted molar refractivity (Wildman–Crippen MR) is 60.8 cm³/mol. The maximum absolute atomic E-state index is 9.79. The van der Waals surface area contributed by atoms with Gasteiger partial charge in [-0.15, -0.1) is 0 Å². The fraction of sp³-hybridized carbons (Fsp3) is 0.538. The molecule has 0 atom stereocenters. The molecule has 0 amide bonds. The fourth-order valence-corrected chi connectivity index (χ4v) is 1.79. The van der Waals surface area contributed by atoms with Crippen molar-refractivity contribution in [1.29, 1.82) is 0 Å². The van der Waals surface area contributed by atoms with Gasteiger partial charge < -0.3 is 5.11 Å². The third kappa shape index (κ3) is 2.28. The van der Waals surface area contributed by atoms with E-state index in [2.05, 4.69) is 33.8 Å². The summed E-state index contributed by atoms with van der Waals surface area (Å²) < 4.78 is 0. The molecular weight excluding hydrogens is 172 g/mol. The van der Waals surface area contributed by atoms with Gasteiger partial charge in [0.1, 0.15) is 5.75 Å². The number of phenols is 1. The van der Waals surface area contributed by atoms with Crippen molar-refractivity contribution in [3.8, 4) is 5.75 Å². The Hall–Kier alpha value is -0.980. The molecule has 0 spiro atoms. The van der Waals surface area contributed by atoms with Crippen molar-refractivity contribution in [3.63, 3.8) is 0 Å². The van der Waals surface area contributed by atoms with Gasteiger partial charge in [0.05, 0.1) is 0 Å². The van der Waals surface area contributed by atoms with Crippen LogP contribution in [0.1, 0.15) is 45.2 Å². The Bertz CT molecular complexity index is 308. The molecule has 0 aromatic heterocycles. The average molecular weight is 192 g/mol. The molecule has 1 rings (SSSR count). The van der Waals surface area contributed by atoms with Crippen molar-refractivity contribution in [2.75, 3.05) is 0 Å². The van der Waals surface area contributed by atoms with E-state index in [-0.39, 0.29) is 5.41 Å². The van der Waals surface area contributed by atoms with Crippen LogP contribution in [-0.4, -0.2) is 5.11 Å². The molecule has 1 aromatic carbocycles. The van der Waals surface area contributed by atoms with Crippen LogP contribution < -0.4 is 0 Å². The number of hydrogen-bond donors (Lipinski definition) is 1. The molecule has 14 heavy (non-hydrogen) atoms. The largest absolute Gasteiger partial charge is 0.508 e. The SMILES string of the molecule is CCCc1c(O)cccc1C(C)(C)C. The molecule has 0 heterocycles. The summed E-state index contributed by atoms with van der Waals surface area (Å²) in [5, 5.41) is 9.79. The first kappa shape index (κ1) is 11.1. The lowest BCUT2D eigenvalue weighted by Gasteiger charge is -2.23. The Kier molecular flexibility index (Phi) is 3.20. The second kappa shape index (κ2) is 4.04. The molecule has 78 valence electrons. The molecule has 0 saturated heterocycles. The topological polar surface area (TPSA) is 20.2 Å². The minimum Gasteiger partial charge on any atom is -0.508 e. The standard InChI is InChI=1S/C13H20O/c1-5-7-10-11(13(2,3)4)8-6-9-12(10)14/h6,8-9,14H,5,7H2,1-4H3. The quantitative estimate of drug-likeness (QED) is 0.758. The smallest absolute Gasteiger partial charge is 0.119 e. The first-order valence-corrected chi connectivity index (χ1v) is 5.28. The molecule has 0 aliphatic heterocycles. The molecule has 1 heteroatoms. The summed E-state index contributed by atoms with van der Waals surface area (Å²) >= 11 is 0. The van der Waals surface area contributed by atoms with Gasteiger partial charge in [-0.2, -0.15) is 0 Å². The van der Waals surface area contributed by atoms with Crippen LogP contribution >= 0.6 is 0 Å². The van der Waals surface area contributed by atoms with Crippen LogP contribution in [0, 0.1) is 0 Å². The molecule has 0 aliphatic carbocycles. The summed E-state index contributed by atoms with van der Waals surface area (Å²) in [6.07, 6.45) is 2.03. The van der Waals surface area contributed by atoms with Gasteiger partial charge in [-0.25, -0.2) is 0 Å². The van der Waals surface area contributed by atoms with E-state index in [1.165, 1.54) is 5.56 Å². The second-order valence-electron chi connectivity index (χ2n) is 4.80. The minimum absolute atomic E-state index is 0.114. The second-order valence-corrected chi connectivity index (χ2v) is 4.80. The molecular formula is C13H20O. The summed E-state index contributed by atoms with van der Waals surface area (Å²) in [5.74, 6) is 0.444. The Morgan fingerprint density at radius 3 is 2.36 bits per heavy atom. The Labute approximate surface area is 86.8 Å². The molecule has 0 saturated carbocycles. The lowest BCUT2D eigenvalue weighted by molar-refractivity contribution is 0.461. The third-order valence-electron chi connectivity index (χ3n) is 2.46. The van der Waals surface area contributed by atoms with Crippen LogP contribution in [0.3, 0.4) is 0 Å². The van der Waals surface area contributed by atoms with Crippen LogP contribution in [0.15, 0.2) is 18.2 Å². The third-order valence-corrected chi connectivity index (χ3v) is 2.46. The minimum atomic E-state index is 0.114. The van der Waals surface area contributed by atoms with E-state index in [0.717, 1.165) is 18.4 Å². The van der Waals surface area contributed by atoms with Crippen LogP contribution in [0.25, 0.3) is 0 Å². The zero-order valence-electron chi connectivity index (χ0n) is 9.59. The lowest BCUT2D eigenvalue weighted by Crippen LogP contribution is -2.14. The first-order chi connectivity index (χ1) is 6.46. The van der Waals surface area contributed by atoms with Crippen molar-refractivity contribution < 1.29 is 5.11 Å². The maximum atomic E-state index is 9.79. The van der Waals surface area contributed by atoms with Crippen molar-refractivity contribution in [1.82, 2.24) is 0 Å². The van der Waals surface area contributed by atoms with Gasteiger partial charge in [0, 0.05) is 0 Å². The van der Waals surface area contributed by atoms with Gasteiger partial charge >= 0.3 is 0 Å². The summed E-state index contributed by atoms with van der Waals surface area (Å²) in [4.78, 5) is 0. The molecule has 0 radical (unpaired) electrons. The molecule has 0 bridgehead atoms. The van der Waals surface area contributed by atoms with Crippen molar-refractivity contribution in [2.45, 2.75) is 46.0 Å². The van der Waals surface area contributed by atoms with Crippen LogP contribution in [-0.2, 0) is 11.8 Å². The van der Waals surface area contributed by atoms with Crippen LogP contribution in [0.5, 0.6) is 5.75 Å². The van der Waals surface area contributed by atoms with Crippen LogP contribution in [0.2, 0.25) is 0 Å². The number of benzene rings is 1. The summed E-state index contributed by atoms with van der Waals surface area (Å²) in [6, 6.07) is 5.82. The highest BCUT2D eigenvalue weighted by Crippen LogP contribution is 2.31. The van der Waals surface area contributed by atoms with Gasteiger partial charge in [0.25, 0.3) is 0 Å². The van der Waals surface area contributed by atoms with E-state index < -0.39 is 0 Å². The maximum Gasteiger partial charge on any atom is 0.119 e. The summed E-state index contributed by atoms with van der Waals surface area (Å²) in [7, 11) is 0. The van der Waals surface area contributed by atoms with Crippen LogP contribution in [0.4, 0.5) is 0 Å². The van der Waals surface area contributed by atoms with Gasteiger partial charge in [-0.1, -0.05) is 46.2 Å². The van der Waals surface area contributed by atoms with Crippen molar-refractivity contribution in [2.24, 2.45) is 0 Å². The van der Waals surface area contributed by atoms with E-state index in [0.29, 0.717) is 5.75 Å². The average Bonchev–Trinajstić information content (AvgIpc) is 2.07.